The van der Waals surface area contributed by atoms with E-state index in [1.165, 1.54) is 12.1 Å². The van der Waals surface area contributed by atoms with Gasteiger partial charge in [0.15, 0.2) is 5.11 Å². The Hall–Kier alpha value is -4.04. The summed E-state index contributed by atoms with van der Waals surface area (Å²) in [5.74, 6) is -0.345. The normalized spacial score (nSPS) is 16.9. The van der Waals surface area contributed by atoms with E-state index in [9.17, 15) is 9.18 Å². The predicted molar refractivity (Wildman–Crippen MR) is 152 cm³/mol. The van der Waals surface area contributed by atoms with Crippen LogP contribution >= 0.6 is 12.2 Å². The highest BCUT2D eigenvalue weighted by molar-refractivity contribution is 7.80. The Bertz CT molecular complexity index is 1470. The summed E-state index contributed by atoms with van der Waals surface area (Å²) >= 11 is 5.79. The molecule has 1 amide bonds. The highest BCUT2D eigenvalue weighted by Crippen LogP contribution is 2.41. The van der Waals surface area contributed by atoms with Crippen LogP contribution in [0, 0.1) is 26.6 Å². The molecule has 0 bridgehead atoms. The van der Waals surface area contributed by atoms with Crippen LogP contribution in [0.2, 0.25) is 0 Å². The van der Waals surface area contributed by atoms with Gasteiger partial charge in [-0.15, -0.1) is 0 Å². The SMILES string of the molecule is Cc1cccc(NC(=O)CCN2C(=S)N[C@H](c3ccccn3)[C@@H]2c2cc(C)n(-c3ccc(F)cc3)c2C)c1. The molecule has 2 aromatic heterocycles. The Balaban J connectivity index is 1.46. The zero-order valence-electron chi connectivity index (χ0n) is 21.6. The van der Waals surface area contributed by atoms with Crippen molar-refractivity contribution in [2.75, 3.05) is 11.9 Å². The molecule has 5 rings (SSSR count). The smallest absolute Gasteiger partial charge is 0.226 e. The molecular weight excluding hydrogens is 497 g/mol. The van der Waals surface area contributed by atoms with Crippen molar-refractivity contribution < 1.29 is 9.18 Å². The third-order valence-electron chi connectivity index (χ3n) is 6.95. The van der Waals surface area contributed by atoms with Crippen LogP contribution in [-0.2, 0) is 4.79 Å². The molecule has 8 heteroatoms. The first kappa shape index (κ1) is 25.6. The molecule has 1 fully saturated rings. The van der Waals surface area contributed by atoms with Crippen molar-refractivity contribution in [3.8, 4) is 5.69 Å². The Labute approximate surface area is 227 Å². The molecule has 0 spiro atoms. The Morgan fingerprint density at radius 2 is 1.84 bits per heavy atom. The van der Waals surface area contributed by atoms with Crippen molar-refractivity contribution in [2.24, 2.45) is 0 Å². The second-order valence-electron chi connectivity index (χ2n) is 9.63. The molecule has 1 aliphatic rings. The van der Waals surface area contributed by atoms with E-state index in [1.54, 1.807) is 18.3 Å². The number of aryl methyl sites for hydroxylation is 2. The molecule has 4 aromatic rings. The monoisotopic (exact) mass is 527 g/mol. The quantitative estimate of drug-likeness (QED) is 0.292. The van der Waals surface area contributed by atoms with Gasteiger partial charge in [0, 0.05) is 41.9 Å². The maximum absolute atomic E-state index is 13.6. The van der Waals surface area contributed by atoms with E-state index >= 15 is 0 Å². The predicted octanol–water partition coefficient (Wildman–Crippen LogP) is 5.94. The van der Waals surface area contributed by atoms with Crippen LogP contribution in [0.25, 0.3) is 5.69 Å². The molecule has 6 nitrogen and oxygen atoms in total. The second-order valence-corrected chi connectivity index (χ2v) is 10.0. The van der Waals surface area contributed by atoms with Gasteiger partial charge in [0.2, 0.25) is 5.91 Å². The van der Waals surface area contributed by atoms with Crippen molar-refractivity contribution in [1.29, 1.82) is 0 Å². The Kier molecular flexibility index (Phi) is 7.24. The number of aromatic nitrogens is 2. The molecule has 2 aromatic carbocycles. The van der Waals surface area contributed by atoms with E-state index in [-0.39, 0.29) is 30.2 Å². The minimum Gasteiger partial charge on any atom is -0.352 e. The van der Waals surface area contributed by atoms with Gasteiger partial charge < -0.3 is 20.1 Å². The first-order valence-electron chi connectivity index (χ1n) is 12.6. The van der Waals surface area contributed by atoms with Gasteiger partial charge in [-0.05, 0) is 98.7 Å². The highest BCUT2D eigenvalue weighted by Gasteiger charge is 2.41. The van der Waals surface area contributed by atoms with Crippen molar-refractivity contribution in [1.82, 2.24) is 19.8 Å². The molecule has 2 N–H and O–H groups in total. The molecule has 0 radical (unpaired) electrons. The van der Waals surface area contributed by atoms with Crippen LogP contribution in [-0.4, -0.2) is 32.0 Å². The summed E-state index contributed by atoms with van der Waals surface area (Å²) in [6.07, 6.45) is 2.05. The minimum atomic E-state index is -0.271. The van der Waals surface area contributed by atoms with E-state index < -0.39 is 0 Å². The number of amides is 1. The number of anilines is 1. The van der Waals surface area contributed by atoms with Gasteiger partial charge in [-0.1, -0.05) is 18.2 Å². The number of benzene rings is 2. The number of carbonyl (C=O) groups is 1. The van der Waals surface area contributed by atoms with Crippen molar-refractivity contribution in [2.45, 2.75) is 39.3 Å². The molecule has 38 heavy (non-hydrogen) atoms. The van der Waals surface area contributed by atoms with Crippen LogP contribution in [0.5, 0.6) is 0 Å². The number of hydrogen-bond donors (Lipinski definition) is 2. The van der Waals surface area contributed by atoms with E-state index in [1.807, 2.05) is 56.3 Å². The first-order valence-corrected chi connectivity index (χ1v) is 13.0. The molecule has 0 unspecified atom stereocenters. The average molecular weight is 528 g/mol. The lowest BCUT2D eigenvalue weighted by Crippen LogP contribution is -2.32. The van der Waals surface area contributed by atoms with Crippen LogP contribution in [0.1, 0.15) is 46.7 Å². The number of hydrogen-bond acceptors (Lipinski definition) is 3. The maximum Gasteiger partial charge on any atom is 0.226 e. The second kappa shape index (κ2) is 10.8. The molecule has 1 aliphatic heterocycles. The highest BCUT2D eigenvalue weighted by atomic mass is 32.1. The summed E-state index contributed by atoms with van der Waals surface area (Å²) in [6.45, 7) is 6.54. The molecular formula is C30H30FN5OS. The van der Waals surface area contributed by atoms with E-state index in [4.69, 9.17) is 12.2 Å². The maximum atomic E-state index is 13.6. The fourth-order valence-electron chi connectivity index (χ4n) is 5.23. The number of nitrogens with zero attached hydrogens (tertiary/aromatic N) is 3. The van der Waals surface area contributed by atoms with Gasteiger partial charge in [-0.3, -0.25) is 9.78 Å². The zero-order chi connectivity index (χ0) is 26.8. The summed E-state index contributed by atoms with van der Waals surface area (Å²) in [7, 11) is 0. The molecule has 1 saturated heterocycles. The third kappa shape index (κ3) is 5.17. The molecule has 3 heterocycles. The number of nitrogens with one attached hydrogen (secondary N) is 2. The third-order valence-corrected chi connectivity index (χ3v) is 7.31. The van der Waals surface area contributed by atoms with Crippen molar-refractivity contribution in [3.05, 3.63) is 113 Å². The molecule has 0 aliphatic carbocycles. The fourth-order valence-corrected chi connectivity index (χ4v) is 5.56. The molecule has 194 valence electrons. The van der Waals surface area contributed by atoms with E-state index in [0.717, 1.165) is 39.6 Å². The van der Waals surface area contributed by atoms with Gasteiger partial charge in [0.1, 0.15) is 5.82 Å². The van der Waals surface area contributed by atoms with Gasteiger partial charge in [0.25, 0.3) is 0 Å². The first-order chi connectivity index (χ1) is 18.3. The van der Waals surface area contributed by atoms with Crippen LogP contribution in [0.4, 0.5) is 10.1 Å². The topological polar surface area (TPSA) is 62.2 Å². The number of carbonyl (C=O) groups excluding carboxylic acids is 1. The van der Waals surface area contributed by atoms with Gasteiger partial charge >= 0.3 is 0 Å². The standard InChI is InChI=1S/C30H30FN5OS/c1-19-7-6-8-23(17-19)33-27(37)14-16-35-29(28(34-30(35)38)26-9-4-5-15-32-26)25-18-20(2)36(21(25)3)24-12-10-22(31)11-13-24/h4-13,15,17-18,28-29H,14,16H2,1-3H3,(H,33,37)(H,34,38)/t28-,29+/m1/s1. The lowest BCUT2D eigenvalue weighted by atomic mass is 9.96. The summed E-state index contributed by atoms with van der Waals surface area (Å²) in [5.41, 5.74) is 6.76. The summed E-state index contributed by atoms with van der Waals surface area (Å²) < 4.78 is 15.7. The largest absolute Gasteiger partial charge is 0.352 e. The lowest BCUT2D eigenvalue weighted by molar-refractivity contribution is -0.116. The van der Waals surface area contributed by atoms with Crippen LogP contribution in [0.3, 0.4) is 0 Å². The number of halogens is 1. The fraction of sp³-hybridized carbons (Fsp3) is 0.233. The van der Waals surface area contributed by atoms with Crippen molar-refractivity contribution in [3.63, 3.8) is 0 Å². The number of thiocarbonyl (C=S) groups is 1. The van der Waals surface area contributed by atoms with E-state index in [0.29, 0.717) is 11.7 Å². The van der Waals surface area contributed by atoms with Crippen LogP contribution in [0.15, 0.2) is 79.0 Å². The van der Waals surface area contributed by atoms with Gasteiger partial charge in [0.05, 0.1) is 17.8 Å². The zero-order valence-corrected chi connectivity index (χ0v) is 22.4. The Morgan fingerprint density at radius 1 is 1.05 bits per heavy atom. The molecule has 2 atom stereocenters. The summed E-state index contributed by atoms with van der Waals surface area (Å²) in [6, 6.07) is 21.9. The average Bonchev–Trinajstić information content (AvgIpc) is 3.38. The van der Waals surface area contributed by atoms with Crippen molar-refractivity contribution >= 4 is 28.9 Å². The summed E-state index contributed by atoms with van der Waals surface area (Å²) in [5, 5.41) is 7.03. The number of rotatable bonds is 7. The minimum absolute atomic E-state index is 0.0739. The lowest BCUT2D eigenvalue weighted by Gasteiger charge is -2.28. The van der Waals surface area contributed by atoms with Gasteiger partial charge in [-0.2, -0.15) is 0 Å². The molecule has 0 saturated carbocycles. The van der Waals surface area contributed by atoms with Gasteiger partial charge in [-0.25, -0.2) is 4.39 Å². The van der Waals surface area contributed by atoms with E-state index in [2.05, 4.69) is 38.1 Å². The Morgan fingerprint density at radius 3 is 2.55 bits per heavy atom. The number of pyridine rings is 1. The van der Waals surface area contributed by atoms with Crippen LogP contribution < -0.4 is 10.6 Å². The summed E-state index contributed by atoms with van der Waals surface area (Å²) in [4.78, 5) is 19.6.